The Hall–Kier alpha value is -2.77. The largest absolute Gasteiger partial charge is 0.508 e. The number of hydrogen-bond donors (Lipinski definition) is 2. The topological polar surface area (TPSA) is 64.2 Å². The fraction of sp³-hybridized carbons (Fsp3) is 0.0556. The van der Waals surface area contributed by atoms with Crippen LogP contribution in [0.25, 0.3) is 21.6 Å². The zero-order valence-corrected chi connectivity index (χ0v) is 12.7. The molecule has 1 heterocycles. The minimum atomic E-state index is 0.198. The third kappa shape index (κ3) is 2.43. The fourth-order valence-electron chi connectivity index (χ4n) is 2.49. The molecule has 0 aliphatic heterocycles. The normalized spacial score (nSPS) is 10.4. The van der Waals surface area contributed by atoms with E-state index in [0.29, 0.717) is 4.88 Å². The number of thiophene rings is 1. The molecule has 4 heteroatoms. The Labute approximate surface area is 132 Å². The van der Waals surface area contributed by atoms with Crippen molar-refractivity contribution in [2.75, 3.05) is 0 Å². The van der Waals surface area contributed by atoms with Gasteiger partial charge in [0.2, 0.25) is 0 Å². The molecule has 0 aliphatic carbocycles. The Morgan fingerprint density at radius 1 is 0.955 bits per heavy atom. The van der Waals surface area contributed by atoms with Crippen LogP contribution in [0.2, 0.25) is 0 Å². The maximum Gasteiger partial charge on any atom is 0.116 e. The summed E-state index contributed by atoms with van der Waals surface area (Å²) in [5, 5.41) is 28.5. The molecule has 0 spiro atoms. The van der Waals surface area contributed by atoms with Crippen LogP contribution in [0.4, 0.5) is 0 Å². The number of phenols is 2. The fourth-order valence-corrected chi connectivity index (χ4v) is 3.61. The molecule has 3 nitrogen and oxygen atoms in total. The molecule has 1 aromatic heterocycles. The molecule has 108 valence electrons. The summed E-state index contributed by atoms with van der Waals surface area (Å²) >= 11 is 1.41. The summed E-state index contributed by atoms with van der Waals surface area (Å²) in [5.41, 5.74) is 3.67. The van der Waals surface area contributed by atoms with Crippen molar-refractivity contribution in [3.63, 3.8) is 0 Å². The van der Waals surface area contributed by atoms with Gasteiger partial charge in [-0.15, -0.1) is 11.3 Å². The van der Waals surface area contributed by atoms with E-state index in [2.05, 4.69) is 6.07 Å². The number of benzene rings is 2. The van der Waals surface area contributed by atoms with E-state index in [9.17, 15) is 15.5 Å². The van der Waals surface area contributed by atoms with Gasteiger partial charge in [0.15, 0.2) is 0 Å². The average molecular weight is 307 g/mol. The van der Waals surface area contributed by atoms with Gasteiger partial charge < -0.3 is 10.2 Å². The molecule has 2 N–H and O–H groups in total. The zero-order valence-electron chi connectivity index (χ0n) is 11.9. The minimum absolute atomic E-state index is 0.198. The molecule has 3 rings (SSSR count). The molecule has 22 heavy (non-hydrogen) atoms. The summed E-state index contributed by atoms with van der Waals surface area (Å²) < 4.78 is 0. The first-order valence-electron chi connectivity index (χ1n) is 6.72. The molecule has 0 aliphatic rings. The molecule has 0 atom stereocenters. The Kier molecular flexibility index (Phi) is 3.58. The monoisotopic (exact) mass is 307 g/mol. The van der Waals surface area contributed by atoms with Crippen LogP contribution in [0, 0.1) is 18.3 Å². The molecule has 3 aromatic rings. The maximum atomic E-state index is 9.66. The van der Waals surface area contributed by atoms with Crippen molar-refractivity contribution in [1.29, 1.82) is 5.26 Å². The predicted octanol–water partition coefficient (Wildman–Crippen LogP) is 4.67. The third-order valence-electron chi connectivity index (χ3n) is 3.51. The summed E-state index contributed by atoms with van der Waals surface area (Å²) in [6.07, 6.45) is 0. The van der Waals surface area contributed by atoms with Crippen LogP contribution in [0.1, 0.15) is 10.4 Å². The molecule has 0 amide bonds. The van der Waals surface area contributed by atoms with Gasteiger partial charge in [-0.05, 0) is 47.9 Å². The van der Waals surface area contributed by atoms with Gasteiger partial charge in [0.05, 0.1) is 0 Å². The van der Waals surface area contributed by atoms with E-state index in [-0.39, 0.29) is 11.5 Å². The first-order chi connectivity index (χ1) is 10.6. The summed E-state index contributed by atoms with van der Waals surface area (Å²) in [6.45, 7) is 1.97. The first kappa shape index (κ1) is 14.2. The van der Waals surface area contributed by atoms with Crippen molar-refractivity contribution >= 4 is 11.3 Å². The molecule has 0 radical (unpaired) electrons. The molecular formula is C18H13NO2S. The van der Waals surface area contributed by atoms with Crippen LogP contribution in [-0.4, -0.2) is 10.2 Å². The van der Waals surface area contributed by atoms with Gasteiger partial charge in [0.25, 0.3) is 0 Å². The predicted molar refractivity (Wildman–Crippen MR) is 88.0 cm³/mol. The van der Waals surface area contributed by atoms with E-state index in [1.165, 1.54) is 11.3 Å². The standard InChI is InChI=1S/C18H13NO2S/c1-11-17(12-5-7-14(20)8-6-12)16(10-19)22-18(11)13-3-2-4-15(21)9-13/h2-9,20-21H,1H3. The van der Waals surface area contributed by atoms with E-state index in [1.807, 2.05) is 13.0 Å². The number of nitriles is 1. The van der Waals surface area contributed by atoms with Crippen molar-refractivity contribution in [2.24, 2.45) is 0 Å². The quantitative estimate of drug-likeness (QED) is 0.723. The summed E-state index contributed by atoms with van der Waals surface area (Å²) in [5.74, 6) is 0.401. The average Bonchev–Trinajstić information content (AvgIpc) is 2.85. The Bertz CT molecular complexity index is 873. The van der Waals surface area contributed by atoms with Crippen LogP contribution in [0.5, 0.6) is 11.5 Å². The molecule has 0 fully saturated rings. The number of aromatic hydroxyl groups is 2. The first-order valence-corrected chi connectivity index (χ1v) is 7.54. The highest BCUT2D eigenvalue weighted by molar-refractivity contribution is 7.16. The summed E-state index contributed by atoms with van der Waals surface area (Å²) in [7, 11) is 0. The van der Waals surface area contributed by atoms with E-state index in [0.717, 1.165) is 27.1 Å². The van der Waals surface area contributed by atoms with Gasteiger partial charge in [0.1, 0.15) is 22.4 Å². The third-order valence-corrected chi connectivity index (χ3v) is 4.76. The second kappa shape index (κ2) is 5.55. The van der Waals surface area contributed by atoms with E-state index in [1.54, 1.807) is 42.5 Å². The Morgan fingerprint density at radius 3 is 2.32 bits per heavy atom. The highest BCUT2D eigenvalue weighted by Crippen LogP contribution is 2.42. The Balaban J connectivity index is 2.20. The summed E-state index contributed by atoms with van der Waals surface area (Å²) in [6, 6.07) is 16.1. The summed E-state index contributed by atoms with van der Waals surface area (Å²) in [4.78, 5) is 1.59. The van der Waals surface area contributed by atoms with E-state index in [4.69, 9.17) is 0 Å². The van der Waals surface area contributed by atoms with Crippen LogP contribution in [-0.2, 0) is 0 Å². The second-order valence-electron chi connectivity index (χ2n) is 4.97. The van der Waals surface area contributed by atoms with Crippen molar-refractivity contribution in [2.45, 2.75) is 6.92 Å². The van der Waals surface area contributed by atoms with Crippen LogP contribution < -0.4 is 0 Å². The zero-order chi connectivity index (χ0) is 15.7. The molecular weight excluding hydrogens is 294 g/mol. The highest BCUT2D eigenvalue weighted by Gasteiger charge is 2.17. The lowest BCUT2D eigenvalue weighted by atomic mass is 9.99. The number of rotatable bonds is 2. The van der Waals surface area contributed by atoms with Crippen LogP contribution in [0.15, 0.2) is 48.5 Å². The minimum Gasteiger partial charge on any atom is -0.508 e. The highest BCUT2D eigenvalue weighted by atomic mass is 32.1. The molecule has 2 aromatic carbocycles. The molecule has 0 saturated carbocycles. The smallest absolute Gasteiger partial charge is 0.116 e. The maximum absolute atomic E-state index is 9.66. The van der Waals surface area contributed by atoms with Gasteiger partial charge in [-0.25, -0.2) is 0 Å². The van der Waals surface area contributed by atoms with Gasteiger partial charge in [-0.3, -0.25) is 0 Å². The lowest BCUT2D eigenvalue weighted by Crippen LogP contribution is -1.82. The molecule has 0 unspecified atom stereocenters. The van der Waals surface area contributed by atoms with Gasteiger partial charge in [0, 0.05) is 10.4 Å². The second-order valence-corrected chi connectivity index (χ2v) is 5.99. The number of phenolic OH excluding ortho intramolecular Hbond substituents is 2. The number of hydrogen-bond acceptors (Lipinski definition) is 4. The SMILES string of the molecule is Cc1c(-c2cccc(O)c2)sc(C#N)c1-c1ccc(O)cc1. The lowest BCUT2D eigenvalue weighted by molar-refractivity contribution is 0.475. The van der Waals surface area contributed by atoms with Crippen molar-refractivity contribution < 1.29 is 10.2 Å². The lowest BCUT2D eigenvalue weighted by Gasteiger charge is -2.04. The van der Waals surface area contributed by atoms with Crippen LogP contribution >= 0.6 is 11.3 Å². The van der Waals surface area contributed by atoms with E-state index < -0.39 is 0 Å². The molecule has 0 saturated heterocycles. The molecule has 0 bridgehead atoms. The van der Waals surface area contributed by atoms with Gasteiger partial charge in [-0.1, -0.05) is 24.3 Å². The van der Waals surface area contributed by atoms with E-state index >= 15 is 0 Å². The van der Waals surface area contributed by atoms with Crippen LogP contribution in [0.3, 0.4) is 0 Å². The van der Waals surface area contributed by atoms with Crippen molar-refractivity contribution in [3.8, 4) is 39.1 Å². The van der Waals surface area contributed by atoms with Crippen molar-refractivity contribution in [3.05, 3.63) is 59.0 Å². The Morgan fingerprint density at radius 2 is 1.68 bits per heavy atom. The van der Waals surface area contributed by atoms with Crippen molar-refractivity contribution in [1.82, 2.24) is 0 Å². The van der Waals surface area contributed by atoms with Gasteiger partial charge in [-0.2, -0.15) is 5.26 Å². The van der Waals surface area contributed by atoms with Gasteiger partial charge >= 0.3 is 0 Å². The number of nitrogens with zero attached hydrogens (tertiary/aromatic N) is 1.